The molecule has 1 aromatic heterocycles. The van der Waals surface area contributed by atoms with Crippen molar-refractivity contribution in [3.05, 3.63) is 101 Å². The summed E-state index contributed by atoms with van der Waals surface area (Å²) in [6.07, 6.45) is 0. The van der Waals surface area contributed by atoms with E-state index in [9.17, 15) is 4.39 Å². The Balaban J connectivity index is 1.87. The number of hydrogen-bond donors (Lipinski definition) is 0. The summed E-state index contributed by atoms with van der Waals surface area (Å²) in [4.78, 5) is 0. The third-order valence-corrected chi connectivity index (χ3v) is 5.12. The third-order valence-electron chi connectivity index (χ3n) is 5.12. The minimum absolute atomic E-state index is 0.206. The summed E-state index contributed by atoms with van der Waals surface area (Å²) in [6, 6.07) is 23.7. The van der Waals surface area contributed by atoms with Crippen molar-refractivity contribution in [2.45, 2.75) is 27.3 Å². The Morgan fingerprint density at radius 1 is 0.750 bits per heavy atom. The van der Waals surface area contributed by atoms with Crippen LogP contribution in [-0.4, -0.2) is 9.78 Å². The number of aromatic nitrogens is 2. The summed E-state index contributed by atoms with van der Waals surface area (Å²) in [6.45, 7) is 6.63. The second kappa shape index (κ2) is 7.43. The molecule has 0 unspecified atom stereocenters. The molecule has 0 aliphatic carbocycles. The molecule has 0 fully saturated rings. The first-order valence-electron chi connectivity index (χ1n) is 9.48. The van der Waals surface area contributed by atoms with E-state index in [0.29, 0.717) is 12.1 Å². The van der Waals surface area contributed by atoms with Crippen molar-refractivity contribution >= 4 is 0 Å². The van der Waals surface area contributed by atoms with Crippen LogP contribution in [0.15, 0.2) is 72.8 Å². The van der Waals surface area contributed by atoms with Gasteiger partial charge in [-0.3, -0.25) is 4.68 Å². The molecular formula is C25H23FN2. The van der Waals surface area contributed by atoms with Gasteiger partial charge in [0, 0.05) is 22.3 Å². The van der Waals surface area contributed by atoms with Gasteiger partial charge < -0.3 is 0 Å². The summed E-state index contributed by atoms with van der Waals surface area (Å²) in [5.74, 6) is -0.206. The Morgan fingerprint density at radius 3 is 1.93 bits per heavy atom. The van der Waals surface area contributed by atoms with Crippen molar-refractivity contribution in [1.82, 2.24) is 9.78 Å². The third kappa shape index (κ3) is 3.48. The topological polar surface area (TPSA) is 17.8 Å². The number of hydrogen-bond acceptors (Lipinski definition) is 1. The van der Waals surface area contributed by atoms with Crippen molar-refractivity contribution in [2.24, 2.45) is 0 Å². The van der Waals surface area contributed by atoms with Gasteiger partial charge in [-0.05, 0) is 26.8 Å². The van der Waals surface area contributed by atoms with E-state index in [1.165, 1.54) is 17.2 Å². The molecule has 2 nitrogen and oxygen atoms in total. The van der Waals surface area contributed by atoms with E-state index in [2.05, 4.69) is 69.3 Å². The Labute approximate surface area is 165 Å². The molecule has 3 heteroatoms. The molecular weight excluding hydrogens is 347 g/mol. The van der Waals surface area contributed by atoms with E-state index >= 15 is 0 Å². The van der Waals surface area contributed by atoms with Crippen molar-refractivity contribution in [3.63, 3.8) is 0 Å². The summed E-state index contributed by atoms with van der Waals surface area (Å²) < 4.78 is 16.2. The Hall–Kier alpha value is -3.20. The maximum Gasteiger partial charge on any atom is 0.128 e. The van der Waals surface area contributed by atoms with Gasteiger partial charge in [0.1, 0.15) is 5.82 Å². The lowest BCUT2D eigenvalue weighted by Gasteiger charge is -2.10. The number of aryl methyl sites for hydroxylation is 2. The van der Waals surface area contributed by atoms with Crippen LogP contribution in [0.25, 0.3) is 22.5 Å². The van der Waals surface area contributed by atoms with Gasteiger partial charge in [0.2, 0.25) is 0 Å². The molecule has 4 rings (SSSR count). The van der Waals surface area contributed by atoms with Gasteiger partial charge in [-0.1, -0.05) is 77.9 Å². The molecule has 0 atom stereocenters. The number of benzene rings is 3. The van der Waals surface area contributed by atoms with Crippen molar-refractivity contribution in [2.75, 3.05) is 0 Å². The van der Waals surface area contributed by atoms with Crippen molar-refractivity contribution < 1.29 is 4.39 Å². The minimum Gasteiger partial charge on any atom is -0.259 e. The normalized spacial score (nSPS) is 11.0. The Kier molecular flexibility index (Phi) is 4.82. The fourth-order valence-electron chi connectivity index (χ4n) is 3.52. The monoisotopic (exact) mass is 370 g/mol. The lowest BCUT2D eigenvalue weighted by atomic mass is 10.0. The molecule has 0 bridgehead atoms. The average molecular weight is 370 g/mol. The fraction of sp³-hybridized carbons (Fsp3) is 0.160. The van der Waals surface area contributed by atoms with Crippen LogP contribution in [0.2, 0.25) is 0 Å². The first kappa shape index (κ1) is 18.2. The van der Waals surface area contributed by atoms with E-state index in [1.807, 2.05) is 16.8 Å². The molecule has 0 amide bonds. The quantitative estimate of drug-likeness (QED) is 0.410. The highest BCUT2D eigenvalue weighted by atomic mass is 19.1. The van der Waals surface area contributed by atoms with Crippen LogP contribution < -0.4 is 0 Å². The first-order valence-corrected chi connectivity index (χ1v) is 9.48. The number of halogens is 1. The van der Waals surface area contributed by atoms with Gasteiger partial charge in [-0.15, -0.1) is 0 Å². The van der Waals surface area contributed by atoms with Crippen LogP contribution >= 0.6 is 0 Å². The van der Waals surface area contributed by atoms with Crippen LogP contribution in [-0.2, 0) is 6.54 Å². The SMILES string of the molecule is Cc1ccc(-c2nn(Cc3ccccc3F)c(-c3ccc(C)cc3)c2C)cc1. The molecule has 0 saturated carbocycles. The zero-order valence-electron chi connectivity index (χ0n) is 16.4. The van der Waals surface area contributed by atoms with Crippen LogP contribution in [0, 0.1) is 26.6 Å². The predicted octanol–water partition coefficient (Wildman–Crippen LogP) is 6.33. The van der Waals surface area contributed by atoms with Crippen LogP contribution in [0.4, 0.5) is 4.39 Å². The molecule has 0 aliphatic rings. The van der Waals surface area contributed by atoms with E-state index in [0.717, 1.165) is 28.1 Å². The molecule has 1 heterocycles. The fourth-order valence-corrected chi connectivity index (χ4v) is 3.52. The smallest absolute Gasteiger partial charge is 0.128 e. The van der Waals surface area contributed by atoms with Gasteiger partial charge >= 0.3 is 0 Å². The molecule has 4 aromatic rings. The summed E-state index contributed by atoms with van der Waals surface area (Å²) in [5, 5.41) is 4.89. The maximum absolute atomic E-state index is 14.3. The second-order valence-corrected chi connectivity index (χ2v) is 7.30. The van der Waals surface area contributed by atoms with Crippen molar-refractivity contribution in [3.8, 4) is 22.5 Å². The molecule has 0 saturated heterocycles. The van der Waals surface area contributed by atoms with Crippen molar-refractivity contribution in [1.29, 1.82) is 0 Å². The minimum atomic E-state index is -0.206. The van der Waals surface area contributed by atoms with Crippen LogP contribution in [0.1, 0.15) is 22.3 Å². The zero-order valence-corrected chi connectivity index (χ0v) is 16.4. The van der Waals surface area contributed by atoms with Gasteiger partial charge in [0.05, 0.1) is 17.9 Å². The molecule has 28 heavy (non-hydrogen) atoms. The largest absolute Gasteiger partial charge is 0.259 e. The molecule has 3 aromatic carbocycles. The summed E-state index contributed by atoms with van der Waals surface area (Å²) in [5.41, 5.74) is 8.28. The van der Waals surface area contributed by atoms with E-state index in [4.69, 9.17) is 5.10 Å². The Bertz CT molecular complexity index is 1110. The number of rotatable bonds is 4. The second-order valence-electron chi connectivity index (χ2n) is 7.30. The lowest BCUT2D eigenvalue weighted by molar-refractivity contribution is 0.587. The number of nitrogens with zero attached hydrogens (tertiary/aromatic N) is 2. The van der Waals surface area contributed by atoms with Gasteiger partial charge in [-0.25, -0.2) is 4.39 Å². The lowest BCUT2D eigenvalue weighted by Crippen LogP contribution is -2.06. The molecule has 0 radical (unpaired) electrons. The average Bonchev–Trinajstić information content (AvgIpc) is 3.01. The highest BCUT2D eigenvalue weighted by Gasteiger charge is 2.18. The van der Waals surface area contributed by atoms with Gasteiger partial charge in [-0.2, -0.15) is 5.10 Å². The zero-order chi connectivity index (χ0) is 19.7. The highest BCUT2D eigenvalue weighted by Crippen LogP contribution is 2.32. The molecule has 0 spiro atoms. The highest BCUT2D eigenvalue weighted by molar-refractivity contribution is 5.74. The maximum atomic E-state index is 14.3. The van der Waals surface area contributed by atoms with Gasteiger partial charge in [0.15, 0.2) is 0 Å². The molecule has 0 aliphatic heterocycles. The summed E-state index contributed by atoms with van der Waals surface area (Å²) >= 11 is 0. The van der Waals surface area contributed by atoms with E-state index in [-0.39, 0.29) is 5.82 Å². The van der Waals surface area contributed by atoms with Gasteiger partial charge in [0.25, 0.3) is 0 Å². The molecule has 140 valence electrons. The van der Waals surface area contributed by atoms with Crippen LogP contribution in [0.3, 0.4) is 0 Å². The first-order chi connectivity index (χ1) is 13.5. The molecule has 0 N–H and O–H groups in total. The Morgan fingerprint density at radius 2 is 1.32 bits per heavy atom. The summed E-state index contributed by atoms with van der Waals surface area (Å²) in [7, 11) is 0. The van der Waals surface area contributed by atoms with Crippen LogP contribution in [0.5, 0.6) is 0 Å². The predicted molar refractivity (Wildman–Crippen MR) is 113 cm³/mol. The standard InChI is InChI=1S/C25H23FN2/c1-17-8-12-20(13-9-17)24-19(3)25(21-14-10-18(2)11-15-21)28(27-24)16-22-6-4-5-7-23(22)26/h4-15H,16H2,1-3H3. The van der Waals surface area contributed by atoms with E-state index in [1.54, 1.807) is 6.07 Å². The van der Waals surface area contributed by atoms with E-state index < -0.39 is 0 Å².